The minimum absolute atomic E-state index is 0.000835. The van der Waals surface area contributed by atoms with Crippen LogP contribution in [0.1, 0.15) is 23.6 Å². The first kappa shape index (κ1) is 24.9. The summed E-state index contributed by atoms with van der Waals surface area (Å²) < 4.78 is 33.0. The van der Waals surface area contributed by atoms with Crippen molar-refractivity contribution in [1.29, 1.82) is 0 Å². The van der Waals surface area contributed by atoms with E-state index >= 15 is 0 Å². The molecule has 0 saturated carbocycles. The summed E-state index contributed by atoms with van der Waals surface area (Å²) >= 11 is 0. The lowest BCUT2D eigenvalue weighted by atomic mass is 10.2. The van der Waals surface area contributed by atoms with Crippen LogP contribution in [-0.2, 0) is 21.4 Å². The second kappa shape index (κ2) is 11.4. The number of benzene rings is 3. The van der Waals surface area contributed by atoms with E-state index in [1.807, 2.05) is 25.1 Å². The number of nitrogens with zero attached hydrogens (tertiary/aromatic N) is 2. The molecule has 0 aliphatic rings. The number of sulfonamides is 1. The minimum atomic E-state index is -3.93. The molecule has 2 N–H and O–H groups in total. The number of phenolic OH excluding ortho intramolecular Hbond substituents is 1. The van der Waals surface area contributed by atoms with E-state index in [-0.39, 0.29) is 17.2 Å². The number of carbonyl (C=O) groups is 1. The first-order valence-corrected chi connectivity index (χ1v) is 12.1. The molecule has 0 aromatic heterocycles. The Labute approximate surface area is 199 Å². The monoisotopic (exact) mass is 481 g/mol. The van der Waals surface area contributed by atoms with Crippen LogP contribution in [-0.4, -0.2) is 43.1 Å². The number of carbonyl (C=O) groups excluding carboxylic acids is 1. The maximum absolute atomic E-state index is 13.3. The molecule has 0 radical (unpaired) electrons. The smallest absolute Gasteiger partial charge is 0.255 e. The van der Waals surface area contributed by atoms with E-state index in [2.05, 4.69) is 10.5 Å². The van der Waals surface area contributed by atoms with Gasteiger partial charge < -0.3 is 9.84 Å². The van der Waals surface area contributed by atoms with Gasteiger partial charge in [-0.2, -0.15) is 9.41 Å². The summed E-state index contributed by atoms with van der Waals surface area (Å²) in [5, 5.41) is 13.7. The molecule has 1 amide bonds. The third-order valence-electron chi connectivity index (χ3n) is 4.87. The van der Waals surface area contributed by atoms with E-state index in [1.54, 1.807) is 43.3 Å². The van der Waals surface area contributed by atoms with Gasteiger partial charge in [0, 0.05) is 6.54 Å². The molecule has 34 heavy (non-hydrogen) atoms. The van der Waals surface area contributed by atoms with Gasteiger partial charge in [-0.25, -0.2) is 13.8 Å². The van der Waals surface area contributed by atoms with Crippen LogP contribution in [0.2, 0.25) is 0 Å². The van der Waals surface area contributed by atoms with Gasteiger partial charge in [0.05, 0.1) is 24.3 Å². The van der Waals surface area contributed by atoms with Crippen molar-refractivity contribution in [2.75, 3.05) is 13.2 Å². The largest absolute Gasteiger partial charge is 0.504 e. The molecule has 0 aliphatic heterocycles. The fourth-order valence-corrected chi connectivity index (χ4v) is 4.51. The number of nitrogens with one attached hydrogen (secondary N) is 1. The van der Waals surface area contributed by atoms with Crippen LogP contribution in [0.25, 0.3) is 0 Å². The second-order valence-electron chi connectivity index (χ2n) is 7.53. The fourth-order valence-electron chi connectivity index (χ4n) is 3.13. The predicted molar refractivity (Wildman–Crippen MR) is 130 cm³/mol. The van der Waals surface area contributed by atoms with Gasteiger partial charge in [-0.1, -0.05) is 48.0 Å². The van der Waals surface area contributed by atoms with Crippen LogP contribution in [0, 0.1) is 6.92 Å². The topological polar surface area (TPSA) is 108 Å². The highest BCUT2D eigenvalue weighted by molar-refractivity contribution is 7.89. The minimum Gasteiger partial charge on any atom is -0.504 e. The summed E-state index contributed by atoms with van der Waals surface area (Å²) in [6.07, 6.45) is 1.38. The number of aryl methyl sites for hydroxylation is 1. The van der Waals surface area contributed by atoms with Crippen molar-refractivity contribution in [3.63, 3.8) is 0 Å². The lowest BCUT2D eigenvalue weighted by molar-refractivity contribution is -0.121. The Hall–Kier alpha value is -3.69. The Morgan fingerprint density at radius 1 is 1.09 bits per heavy atom. The lowest BCUT2D eigenvalue weighted by Gasteiger charge is -2.21. The van der Waals surface area contributed by atoms with E-state index in [9.17, 15) is 18.3 Å². The molecule has 178 valence electrons. The van der Waals surface area contributed by atoms with Crippen LogP contribution in [0.5, 0.6) is 11.5 Å². The zero-order chi connectivity index (χ0) is 24.6. The number of amides is 1. The first-order chi connectivity index (χ1) is 16.3. The van der Waals surface area contributed by atoms with Crippen molar-refractivity contribution in [1.82, 2.24) is 9.73 Å². The SMILES string of the molecule is CCOc1cc(/C=N/NC(=O)CN(Cc2ccccc2)S(=O)(=O)c2ccc(C)cc2)ccc1O. The molecule has 0 atom stereocenters. The molecule has 3 aromatic rings. The van der Waals surface area contributed by atoms with Crippen molar-refractivity contribution in [3.05, 3.63) is 89.5 Å². The van der Waals surface area contributed by atoms with Crippen LogP contribution >= 0.6 is 0 Å². The van der Waals surface area contributed by atoms with E-state index in [0.717, 1.165) is 15.4 Å². The van der Waals surface area contributed by atoms with E-state index < -0.39 is 22.5 Å². The van der Waals surface area contributed by atoms with Crippen molar-refractivity contribution in [2.45, 2.75) is 25.3 Å². The third-order valence-corrected chi connectivity index (χ3v) is 6.67. The highest BCUT2D eigenvalue weighted by Crippen LogP contribution is 2.26. The molecule has 0 spiro atoms. The van der Waals surface area contributed by atoms with Gasteiger partial charge in [-0.3, -0.25) is 4.79 Å². The molecule has 0 aliphatic carbocycles. The molecule has 0 bridgehead atoms. The van der Waals surface area contributed by atoms with E-state index in [4.69, 9.17) is 4.74 Å². The van der Waals surface area contributed by atoms with Crippen LogP contribution in [0.4, 0.5) is 0 Å². The summed E-state index contributed by atoms with van der Waals surface area (Å²) in [5.74, 6) is -0.288. The Morgan fingerprint density at radius 2 is 1.79 bits per heavy atom. The van der Waals surface area contributed by atoms with Gasteiger partial charge in [0.25, 0.3) is 5.91 Å². The van der Waals surface area contributed by atoms with Crippen molar-refractivity contribution >= 4 is 22.1 Å². The maximum atomic E-state index is 13.3. The Bertz CT molecular complexity index is 1240. The Balaban J connectivity index is 1.75. The molecule has 3 aromatic carbocycles. The van der Waals surface area contributed by atoms with Gasteiger partial charge in [-0.15, -0.1) is 0 Å². The number of hydrogen-bond acceptors (Lipinski definition) is 6. The van der Waals surface area contributed by atoms with Crippen molar-refractivity contribution in [3.8, 4) is 11.5 Å². The molecule has 3 rings (SSSR count). The van der Waals surface area contributed by atoms with E-state index in [0.29, 0.717) is 17.9 Å². The molecule has 9 heteroatoms. The lowest BCUT2D eigenvalue weighted by Crippen LogP contribution is -2.39. The Morgan fingerprint density at radius 3 is 2.47 bits per heavy atom. The number of ether oxygens (including phenoxy) is 1. The molecule has 0 fully saturated rings. The summed E-state index contributed by atoms with van der Waals surface area (Å²) in [6.45, 7) is 3.67. The molecular weight excluding hydrogens is 454 g/mol. The number of aromatic hydroxyl groups is 1. The quantitative estimate of drug-likeness (QED) is 0.341. The second-order valence-corrected chi connectivity index (χ2v) is 9.46. The summed E-state index contributed by atoms with van der Waals surface area (Å²) in [7, 11) is -3.93. The average Bonchev–Trinajstić information content (AvgIpc) is 2.82. The first-order valence-electron chi connectivity index (χ1n) is 10.7. The van der Waals surface area contributed by atoms with Crippen molar-refractivity contribution in [2.24, 2.45) is 5.10 Å². The molecule has 0 unspecified atom stereocenters. The summed E-state index contributed by atoms with van der Waals surface area (Å²) in [5.41, 5.74) is 4.64. The highest BCUT2D eigenvalue weighted by atomic mass is 32.2. The average molecular weight is 482 g/mol. The van der Waals surface area contributed by atoms with Gasteiger partial charge in [0.1, 0.15) is 0 Å². The highest BCUT2D eigenvalue weighted by Gasteiger charge is 2.26. The summed E-state index contributed by atoms with van der Waals surface area (Å²) in [6, 6.07) is 20.2. The van der Waals surface area contributed by atoms with Crippen molar-refractivity contribution < 1.29 is 23.1 Å². The van der Waals surface area contributed by atoms with Crippen LogP contribution in [0.3, 0.4) is 0 Å². The maximum Gasteiger partial charge on any atom is 0.255 e. The van der Waals surface area contributed by atoms with Gasteiger partial charge >= 0.3 is 0 Å². The third kappa shape index (κ3) is 6.66. The number of hydrazone groups is 1. The predicted octanol–water partition coefficient (Wildman–Crippen LogP) is 3.44. The molecule has 8 nitrogen and oxygen atoms in total. The standard InChI is InChI=1S/C25H27N3O5S/c1-3-33-24-15-21(11-14-23(24)29)16-26-27-25(30)18-28(17-20-7-5-4-6-8-20)34(31,32)22-12-9-19(2)10-13-22/h4-16,29H,3,17-18H2,1-2H3,(H,27,30)/b26-16+. The molecular formula is C25H27N3O5S. The zero-order valence-corrected chi connectivity index (χ0v) is 19.8. The fraction of sp³-hybridized carbons (Fsp3) is 0.200. The Kier molecular flexibility index (Phi) is 8.39. The van der Waals surface area contributed by atoms with Crippen LogP contribution < -0.4 is 10.2 Å². The molecule has 0 saturated heterocycles. The molecule has 0 heterocycles. The normalized spacial score (nSPS) is 11.6. The number of rotatable bonds is 10. The number of hydrogen-bond donors (Lipinski definition) is 2. The van der Waals surface area contributed by atoms with Gasteiger partial charge in [-0.05, 0) is 55.3 Å². The van der Waals surface area contributed by atoms with Gasteiger partial charge in [0.2, 0.25) is 10.0 Å². The van der Waals surface area contributed by atoms with Gasteiger partial charge in [0.15, 0.2) is 11.5 Å². The van der Waals surface area contributed by atoms with E-state index in [1.165, 1.54) is 24.4 Å². The number of phenols is 1. The summed E-state index contributed by atoms with van der Waals surface area (Å²) in [4.78, 5) is 12.7. The zero-order valence-electron chi connectivity index (χ0n) is 19.0. The van der Waals surface area contributed by atoms with Crippen LogP contribution in [0.15, 0.2) is 82.8 Å².